The molecule has 20 heavy (non-hydrogen) atoms. The van der Waals surface area contributed by atoms with Crippen LogP contribution in [0, 0.1) is 0 Å². The molecule has 0 radical (unpaired) electrons. The third-order valence-corrected chi connectivity index (χ3v) is 2.42. The molecule has 2 aromatic rings. The number of halogens is 2. The molecule has 0 bridgehead atoms. The fourth-order valence-electron chi connectivity index (χ4n) is 1.55. The van der Waals surface area contributed by atoms with E-state index < -0.39 is 17.0 Å². The second-order valence-electron chi connectivity index (χ2n) is 3.86. The summed E-state index contributed by atoms with van der Waals surface area (Å²) < 4.78 is 0. The Morgan fingerprint density at radius 2 is 1.05 bits per heavy atom. The van der Waals surface area contributed by atoms with E-state index in [-0.39, 0.29) is 0 Å². The number of rotatable bonds is 6. The number of benzene rings is 2. The van der Waals surface area contributed by atoms with E-state index in [2.05, 4.69) is 10.6 Å². The first-order valence-electron chi connectivity index (χ1n) is 6.28. The number of hydrogen-bond donors (Lipinski definition) is 0. The van der Waals surface area contributed by atoms with Crippen LogP contribution in [0.1, 0.15) is 6.42 Å². The average Bonchev–Trinajstić information content (AvgIpc) is 2.50. The summed E-state index contributed by atoms with van der Waals surface area (Å²) in [4.78, 5) is 0. The van der Waals surface area contributed by atoms with E-state index in [9.17, 15) is 0 Å². The van der Waals surface area contributed by atoms with Gasteiger partial charge >= 0.3 is 35.6 Å². The van der Waals surface area contributed by atoms with Crippen LogP contribution in [0.2, 0.25) is 0 Å². The molecule has 0 aliphatic carbocycles. The summed E-state index contributed by atoms with van der Waals surface area (Å²) in [7, 11) is 9.78. The molecule has 0 saturated carbocycles. The molecule has 0 aromatic heterocycles. The molecule has 0 aliphatic heterocycles. The molecule has 0 fully saturated rings. The van der Waals surface area contributed by atoms with Crippen molar-refractivity contribution in [1.29, 1.82) is 0 Å². The summed E-state index contributed by atoms with van der Waals surface area (Å²) in [5.41, 5.74) is 2.10. The first-order chi connectivity index (χ1) is 9.86. The summed E-state index contributed by atoms with van der Waals surface area (Å²) in [6.07, 6.45) is 0.990. The summed E-state index contributed by atoms with van der Waals surface area (Å²) in [6, 6.07) is 20.1. The fourth-order valence-corrected chi connectivity index (χ4v) is 1.55. The topological polar surface area (TPSA) is 28.2 Å². The van der Waals surface area contributed by atoms with E-state index in [1.54, 1.807) is 0 Å². The van der Waals surface area contributed by atoms with Gasteiger partial charge in [0.25, 0.3) is 0 Å². The Bertz CT molecular complexity index is 399. The Kier molecular flexibility index (Phi) is 10.5. The van der Waals surface area contributed by atoms with E-state index in [1.807, 2.05) is 60.7 Å². The van der Waals surface area contributed by atoms with Gasteiger partial charge < -0.3 is 10.6 Å². The van der Waals surface area contributed by atoms with Crippen LogP contribution in [-0.2, 0) is 17.0 Å². The van der Waals surface area contributed by atoms with Gasteiger partial charge in [-0.15, -0.1) is 24.5 Å². The van der Waals surface area contributed by atoms with Crippen LogP contribution in [0.3, 0.4) is 0 Å². The monoisotopic (exact) mass is 342 g/mol. The molecule has 0 spiro atoms. The van der Waals surface area contributed by atoms with Crippen molar-refractivity contribution < 1.29 is 17.0 Å². The number of hydrogen-bond acceptors (Lipinski definition) is 0. The predicted octanol–water partition coefficient (Wildman–Crippen LogP) is 6.16. The van der Waals surface area contributed by atoms with Crippen molar-refractivity contribution >= 4 is 30.0 Å². The Labute approximate surface area is 137 Å². The summed E-state index contributed by atoms with van der Waals surface area (Å²) in [5, 5.41) is 8.95. The molecular formula is C15H16Cl2N2Ti-2. The molecule has 2 rings (SSSR count). The minimum absolute atomic E-state index is 0.556. The molecule has 0 unspecified atom stereocenters. The van der Waals surface area contributed by atoms with Gasteiger partial charge in [-0.2, -0.15) is 0 Å². The van der Waals surface area contributed by atoms with Gasteiger partial charge in [-0.05, 0) is 0 Å². The number of para-hydroxylation sites is 2. The van der Waals surface area contributed by atoms with E-state index in [1.165, 1.54) is 0 Å². The van der Waals surface area contributed by atoms with Crippen LogP contribution < -0.4 is 0 Å². The van der Waals surface area contributed by atoms with Gasteiger partial charge in [0.05, 0.1) is 0 Å². The maximum atomic E-state index is 4.89. The van der Waals surface area contributed by atoms with Gasteiger partial charge in [0.2, 0.25) is 0 Å². The first kappa shape index (κ1) is 17.4. The van der Waals surface area contributed by atoms with Crippen molar-refractivity contribution in [2.75, 3.05) is 13.1 Å². The summed E-state index contributed by atoms with van der Waals surface area (Å²) in [5.74, 6) is 0. The maximum Gasteiger partial charge on any atom is -0.0624 e. The zero-order valence-corrected chi connectivity index (χ0v) is 14.1. The molecule has 0 N–H and O–H groups in total. The van der Waals surface area contributed by atoms with Crippen LogP contribution in [0.5, 0.6) is 0 Å². The molecule has 0 saturated heterocycles. The van der Waals surface area contributed by atoms with Crippen molar-refractivity contribution in [3.05, 3.63) is 71.3 Å². The van der Waals surface area contributed by atoms with Crippen LogP contribution in [0.25, 0.3) is 10.6 Å². The zero-order chi connectivity index (χ0) is 14.5. The largest absolute Gasteiger partial charge is 0.684 e. The molecule has 106 valence electrons. The molecule has 2 aromatic carbocycles. The quantitative estimate of drug-likeness (QED) is 0.444. The maximum absolute atomic E-state index is 4.89. The molecule has 0 atom stereocenters. The second kappa shape index (κ2) is 12.1. The molecule has 2 nitrogen and oxygen atoms in total. The standard InChI is InChI=1S/C15H16N2.2ClH.Ti/c1-3-8-14(9-4-1)16-12-7-13-17-15-10-5-2-6-11-15;;;/h1-6,8-11H,7,12-13H2;2*1H;/q-2;;;+2/p-2. The van der Waals surface area contributed by atoms with Gasteiger partial charge in [-0.1, -0.05) is 67.1 Å². The van der Waals surface area contributed by atoms with Crippen molar-refractivity contribution in [1.82, 2.24) is 0 Å². The minimum atomic E-state index is -0.556. The number of nitrogens with zero attached hydrogens (tertiary/aromatic N) is 2. The smallest absolute Gasteiger partial charge is 0.0624 e. The SMILES string of the molecule is [Cl][Ti][Cl].c1ccc([N-]CCC[N-]c2ccccc2)cc1. The third kappa shape index (κ3) is 8.49. The Morgan fingerprint density at radius 1 is 0.700 bits per heavy atom. The fraction of sp³-hybridized carbons (Fsp3) is 0.200. The van der Waals surface area contributed by atoms with Crippen LogP contribution in [-0.4, -0.2) is 13.1 Å². The Balaban J connectivity index is 0.000000612. The van der Waals surface area contributed by atoms with Crippen molar-refractivity contribution in [3.8, 4) is 0 Å². The molecule has 0 heterocycles. The van der Waals surface area contributed by atoms with Crippen LogP contribution in [0.4, 0.5) is 11.4 Å². The predicted molar refractivity (Wildman–Crippen MR) is 85.0 cm³/mol. The summed E-state index contributed by atoms with van der Waals surface area (Å²) in [6.45, 7) is 1.67. The van der Waals surface area contributed by atoms with Crippen molar-refractivity contribution in [2.45, 2.75) is 6.42 Å². The second-order valence-corrected chi connectivity index (χ2v) is 6.44. The first-order valence-corrected chi connectivity index (χ1v) is 10.6. The van der Waals surface area contributed by atoms with Gasteiger partial charge in [-0.25, -0.2) is 0 Å². The van der Waals surface area contributed by atoms with Crippen molar-refractivity contribution in [3.63, 3.8) is 0 Å². The van der Waals surface area contributed by atoms with Crippen LogP contribution in [0.15, 0.2) is 60.7 Å². The molecule has 5 heteroatoms. The minimum Gasteiger partial charge on any atom is -0.684 e. The summed E-state index contributed by atoms with van der Waals surface area (Å²) >= 11 is -0.556. The Morgan fingerprint density at radius 3 is 1.40 bits per heavy atom. The average molecular weight is 343 g/mol. The Hall–Kier alpha value is -0.666. The van der Waals surface area contributed by atoms with Gasteiger partial charge in [0.15, 0.2) is 0 Å². The molecule has 0 aliphatic rings. The van der Waals surface area contributed by atoms with Gasteiger partial charge in [0, 0.05) is 0 Å². The van der Waals surface area contributed by atoms with E-state index in [0.29, 0.717) is 0 Å². The van der Waals surface area contributed by atoms with Gasteiger partial charge in [0.1, 0.15) is 0 Å². The van der Waals surface area contributed by atoms with E-state index in [4.69, 9.17) is 18.6 Å². The van der Waals surface area contributed by atoms with E-state index >= 15 is 0 Å². The van der Waals surface area contributed by atoms with Crippen LogP contribution >= 0.6 is 18.6 Å². The van der Waals surface area contributed by atoms with Gasteiger partial charge in [-0.3, -0.25) is 0 Å². The molecule has 0 amide bonds. The van der Waals surface area contributed by atoms with E-state index in [0.717, 1.165) is 30.9 Å². The zero-order valence-electron chi connectivity index (χ0n) is 11.0. The third-order valence-electron chi connectivity index (χ3n) is 2.42. The normalized spacial score (nSPS) is 9.10. The van der Waals surface area contributed by atoms with Crippen molar-refractivity contribution in [2.24, 2.45) is 0 Å². The molecular weight excluding hydrogens is 327 g/mol.